The fourth-order valence-electron chi connectivity index (χ4n) is 1.53. The molecule has 2 aromatic heterocycles. The van der Waals surface area contributed by atoms with Crippen LogP contribution in [0.4, 0.5) is 0 Å². The summed E-state index contributed by atoms with van der Waals surface area (Å²) in [5.74, 6) is -0.223. The van der Waals surface area contributed by atoms with E-state index in [1.165, 1.54) is 10.7 Å². The van der Waals surface area contributed by atoms with Crippen LogP contribution in [0.5, 0.6) is 5.88 Å². The van der Waals surface area contributed by atoms with Crippen LogP contribution in [-0.4, -0.2) is 25.8 Å². The Labute approximate surface area is 102 Å². The molecule has 6 nitrogen and oxygen atoms in total. The Bertz CT molecular complexity index is 693. The first-order chi connectivity index (χ1) is 8.84. The number of fused-ring (bicyclic) bond motifs is 1. The first-order valence-corrected chi connectivity index (χ1v) is 5.27. The number of nitrogens with zero attached hydrogens (tertiary/aromatic N) is 4. The summed E-state index contributed by atoms with van der Waals surface area (Å²) >= 11 is 0. The average molecular weight is 240 g/mol. The number of aromatic nitrogens is 4. The Morgan fingerprint density at radius 3 is 2.83 bits per heavy atom. The van der Waals surface area contributed by atoms with E-state index in [1.54, 1.807) is 36.5 Å². The average Bonchev–Trinajstić information content (AvgIpc) is 2.89. The highest BCUT2D eigenvalue weighted by Gasteiger charge is 2.11. The number of hydrogen-bond donors (Lipinski definition) is 0. The molecule has 3 rings (SSSR count). The van der Waals surface area contributed by atoms with Gasteiger partial charge < -0.3 is 4.74 Å². The van der Waals surface area contributed by atoms with Crippen LogP contribution in [0.1, 0.15) is 10.4 Å². The molecule has 0 atom stereocenters. The normalized spacial score (nSPS) is 10.4. The summed E-state index contributed by atoms with van der Waals surface area (Å²) in [5, 5.41) is 11.6. The van der Waals surface area contributed by atoms with Crippen LogP contribution in [0.25, 0.3) is 5.65 Å². The standard InChI is InChI=1S/C12H8N4O2/c17-12(9-4-2-1-3-5-9)18-11-8-13-15-10-6-7-14-16(10)11/h1-8H. The van der Waals surface area contributed by atoms with E-state index >= 15 is 0 Å². The van der Waals surface area contributed by atoms with Gasteiger partial charge in [0.05, 0.1) is 11.8 Å². The minimum atomic E-state index is -0.458. The maximum Gasteiger partial charge on any atom is 0.344 e. The predicted octanol–water partition coefficient (Wildman–Crippen LogP) is 1.34. The van der Waals surface area contributed by atoms with Gasteiger partial charge in [0.2, 0.25) is 5.88 Å². The van der Waals surface area contributed by atoms with Crippen molar-refractivity contribution in [2.45, 2.75) is 0 Å². The fourth-order valence-corrected chi connectivity index (χ4v) is 1.53. The topological polar surface area (TPSA) is 69.4 Å². The van der Waals surface area contributed by atoms with Crippen molar-refractivity contribution in [3.63, 3.8) is 0 Å². The quantitative estimate of drug-likeness (QED) is 0.632. The molecule has 0 saturated carbocycles. The zero-order valence-electron chi connectivity index (χ0n) is 9.22. The number of carbonyl (C=O) groups is 1. The molecular weight excluding hydrogens is 232 g/mol. The molecule has 6 heteroatoms. The maximum atomic E-state index is 11.9. The zero-order chi connectivity index (χ0) is 12.4. The molecule has 0 aliphatic carbocycles. The molecule has 0 N–H and O–H groups in total. The Morgan fingerprint density at radius 2 is 2.00 bits per heavy atom. The van der Waals surface area contributed by atoms with Crippen LogP contribution in [0, 0.1) is 0 Å². The SMILES string of the molecule is O=C(Oc1cnnc2ccnn12)c1ccccc1. The van der Waals surface area contributed by atoms with E-state index < -0.39 is 5.97 Å². The number of rotatable bonds is 2. The van der Waals surface area contributed by atoms with Crippen molar-refractivity contribution in [1.82, 2.24) is 19.8 Å². The third-order valence-electron chi connectivity index (χ3n) is 2.37. The third kappa shape index (κ3) is 1.80. The van der Waals surface area contributed by atoms with Gasteiger partial charge in [-0.15, -0.1) is 5.10 Å². The number of esters is 1. The summed E-state index contributed by atoms with van der Waals surface area (Å²) in [6.07, 6.45) is 2.91. The molecule has 0 aliphatic rings. The lowest BCUT2D eigenvalue weighted by molar-refractivity contribution is 0.0722. The largest absolute Gasteiger partial charge is 0.402 e. The molecule has 0 radical (unpaired) electrons. The summed E-state index contributed by atoms with van der Waals surface area (Å²) in [6, 6.07) is 10.4. The van der Waals surface area contributed by atoms with Gasteiger partial charge in [-0.1, -0.05) is 18.2 Å². The van der Waals surface area contributed by atoms with Gasteiger partial charge in [0, 0.05) is 6.07 Å². The van der Waals surface area contributed by atoms with Crippen LogP contribution in [0.3, 0.4) is 0 Å². The summed E-state index contributed by atoms with van der Waals surface area (Å²) < 4.78 is 6.64. The van der Waals surface area contributed by atoms with Crippen molar-refractivity contribution in [2.75, 3.05) is 0 Å². The van der Waals surface area contributed by atoms with Crippen LogP contribution >= 0.6 is 0 Å². The Balaban J connectivity index is 1.93. The highest BCUT2D eigenvalue weighted by Crippen LogP contribution is 2.11. The molecule has 0 amide bonds. The van der Waals surface area contributed by atoms with Crippen molar-refractivity contribution >= 4 is 11.6 Å². The molecule has 0 saturated heterocycles. The van der Waals surface area contributed by atoms with Crippen molar-refractivity contribution in [3.05, 3.63) is 54.4 Å². The molecule has 0 bridgehead atoms. The minimum Gasteiger partial charge on any atom is -0.402 e. The Morgan fingerprint density at radius 1 is 1.17 bits per heavy atom. The molecule has 0 spiro atoms. The van der Waals surface area contributed by atoms with E-state index in [1.807, 2.05) is 6.07 Å². The predicted molar refractivity (Wildman–Crippen MR) is 62.2 cm³/mol. The summed E-state index contributed by atoms with van der Waals surface area (Å²) in [6.45, 7) is 0. The molecule has 0 fully saturated rings. The van der Waals surface area contributed by atoms with Gasteiger partial charge in [0.1, 0.15) is 6.20 Å². The van der Waals surface area contributed by atoms with Crippen LogP contribution in [0.2, 0.25) is 0 Å². The highest BCUT2D eigenvalue weighted by molar-refractivity contribution is 5.90. The summed E-state index contributed by atoms with van der Waals surface area (Å²) in [4.78, 5) is 11.9. The van der Waals surface area contributed by atoms with E-state index in [4.69, 9.17) is 4.74 Å². The minimum absolute atomic E-state index is 0.235. The van der Waals surface area contributed by atoms with E-state index in [9.17, 15) is 4.79 Å². The van der Waals surface area contributed by atoms with Crippen molar-refractivity contribution < 1.29 is 9.53 Å². The number of hydrogen-bond acceptors (Lipinski definition) is 5. The van der Waals surface area contributed by atoms with Crippen LogP contribution in [-0.2, 0) is 0 Å². The number of benzene rings is 1. The Hall–Kier alpha value is -2.76. The molecule has 2 heterocycles. The summed E-state index contributed by atoms with van der Waals surface area (Å²) in [5.41, 5.74) is 0.989. The van der Waals surface area contributed by atoms with Gasteiger partial charge >= 0.3 is 5.97 Å². The maximum absolute atomic E-state index is 11.9. The van der Waals surface area contributed by atoms with E-state index in [-0.39, 0.29) is 5.88 Å². The van der Waals surface area contributed by atoms with Gasteiger partial charge in [-0.2, -0.15) is 14.7 Å². The van der Waals surface area contributed by atoms with Gasteiger partial charge in [0.25, 0.3) is 0 Å². The first kappa shape index (κ1) is 10.4. The van der Waals surface area contributed by atoms with Crippen LogP contribution in [0.15, 0.2) is 48.8 Å². The van der Waals surface area contributed by atoms with Gasteiger partial charge in [-0.05, 0) is 12.1 Å². The molecule has 88 valence electrons. The van der Waals surface area contributed by atoms with E-state index in [2.05, 4.69) is 15.3 Å². The van der Waals surface area contributed by atoms with Gasteiger partial charge in [-0.3, -0.25) is 0 Å². The monoisotopic (exact) mass is 240 g/mol. The van der Waals surface area contributed by atoms with E-state index in [0.717, 1.165) is 0 Å². The third-order valence-corrected chi connectivity index (χ3v) is 2.37. The van der Waals surface area contributed by atoms with Gasteiger partial charge in [0.15, 0.2) is 5.65 Å². The first-order valence-electron chi connectivity index (χ1n) is 5.27. The molecule has 0 aliphatic heterocycles. The lowest BCUT2D eigenvalue weighted by Crippen LogP contribution is -2.11. The van der Waals surface area contributed by atoms with Crippen LogP contribution < -0.4 is 4.74 Å². The van der Waals surface area contributed by atoms with Crippen molar-refractivity contribution in [1.29, 1.82) is 0 Å². The second-order valence-electron chi connectivity index (χ2n) is 3.54. The lowest BCUT2D eigenvalue weighted by Gasteiger charge is -2.04. The molecule has 1 aromatic carbocycles. The number of carbonyl (C=O) groups excluding carboxylic acids is 1. The highest BCUT2D eigenvalue weighted by atomic mass is 16.5. The molecule has 3 aromatic rings. The zero-order valence-corrected chi connectivity index (χ0v) is 9.22. The smallest absolute Gasteiger partial charge is 0.344 e. The molecular formula is C12H8N4O2. The summed E-state index contributed by atoms with van der Waals surface area (Å²) in [7, 11) is 0. The Kier molecular flexibility index (Phi) is 2.45. The van der Waals surface area contributed by atoms with Crippen molar-refractivity contribution in [3.8, 4) is 5.88 Å². The second-order valence-corrected chi connectivity index (χ2v) is 3.54. The van der Waals surface area contributed by atoms with Crippen molar-refractivity contribution in [2.24, 2.45) is 0 Å². The molecule has 0 unspecified atom stereocenters. The van der Waals surface area contributed by atoms with Gasteiger partial charge in [-0.25, -0.2) is 4.79 Å². The lowest BCUT2D eigenvalue weighted by atomic mass is 10.2. The fraction of sp³-hybridized carbons (Fsp3) is 0. The molecule has 18 heavy (non-hydrogen) atoms. The van der Waals surface area contributed by atoms with E-state index in [0.29, 0.717) is 11.2 Å². The number of ether oxygens (including phenoxy) is 1. The second kappa shape index (κ2) is 4.25.